The van der Waals surface area contributed by atoms with E-state index in [-0.39, 0.29) is 12.0 Å². The first-order valence-electron chi connectivity index (χ1n) is 8.45. The molecule has 1 fully saturated rings. The number of piperidine rings is 1. The molecule has 1 aromatic carbocycles. The molecule has 24 heavy (non-hydrogen) atoms. The second-order valence-corrected chi connectivity index (χ2v) is 7.89. The second-order valence-electron chi connectivity index (χ2n) is 7.89. The molecule has 5 heteroatoms. The van der Waals surface area contributed by atoms with Gasteiger partial charge in [-0.05, 0) is 43.0 Å². The first-order chi connectivity index (χ1) is 11.2. The molecule has 0 aromatic heterocycles. The summed E-state index contributed by atoms with van der Waals surface area (Å²) in [7, 11) is 1.55. The van der Waals surface area contributed by atoms with Crippen LogP contribution >= 0.6 is 0 Å². The molecule has 0 spiro atoms. The minimum absolute atomic E-state index is 0.00236. The number of aliphatic carboxylic acids is 1. The van der Waals surface area contributed by atoms with Crippen molar-refractivity contribution in [1.82, 2.24) is 4.90 Å². The fourth-order valence-electron chi connectivity index (χ4n) is 3.24. The van der Waals surface area contributed by atoms with Gasteiger partial charge in [0.15, 0.2) is 0 Å². The number of phenolic OH excluding ortho intramolecular Hbond substituents is 1. The third-order valence-electron chi connectivity index (χ3n) is 5.03. The Bertz CT molecular complexity index is 584. The van der Waals surface area contributed by atoms with E-state index in [1.165, 1.54) is 0 Å². The average Bonchev–Trinajstić information content (AvgIpc) is 2.50. The van der Waals surface area contributed by atoms with Gasteiger partial charge in [-0.3, -0.25) is 9.69 Å². The molecule has 0 bridgehead atoms. The van der Waals surface area contributed by atoms with Gasteiger partial charge in [0.25, 0.3) is 0 Å². The van der Waals surface area contributed by atoms with Gasteiger partial charge in [0.1, 0.15) is 5.75 Å². The molecular formula is C19H29NO4. The van der Waals surface area contributed by atoms with Crippen molar-refractivity contribution >= 4 is 5.97 Å². The number of rotatable bonds is 5. The zero-order chi connectivity index (χ0) is 18.0. The summed E-state index contributed by atoms with van der Waals surface area (Å²) < 4.78 is 5.12. The van der Waals surface area contributed by atoms with Gasteiger partial charge < -0.3 is 14.9 Å². The van der Waals surface area contributed by atoms with E-state index in [1.807, 2.05) is 12.1 Å². The maximum atomic E-state index is 11.6. The smallest absolute Gasteiger partial charge is 0.312 e. The van der Waals surface area contributed by atoms with E-state index < -0.39 is 11.4 Å². The molecule has 0 atom stereocenters. The Kier molecular flexibility index (Phi) is 5.56. The van der Waals surface area contributed by atoms with Crippen molar-refractivity contribution in [3.8, 4) is 5.75 Å². The Labute approximate surface area is 144 Å². The van der Waals surface area contributed by atoms with Crippen molar-refractivity contribution in [2.24, 2.45) is 5.41 Å². The molecule has 1 aliphatic rings. The highest BCUT2D eigenvalue weighted by Crippen LogP contribution is 2.34. The zero-order valence-corrected chi connectivity index (χ0v) is 15.1. The number of likely N-dealkylation sites (tertiary alicyclic amines) is 1. The van der Waals surface area contributed by atoms with Gasteiger partial charge in [-0.2, -0.15) is 0 Å². The second kappa shape index (κ2) is 7.11. The van der Waals surface area contributed by atoms with E-state index in [0.717, 1.165) is 11.1 Å². The summed E-state index contributed by atoms with van der Waals surface area (Å²) in [5.41, 5.74) is 1.22. The Balaban J connectivity index is 2.03. The lowest BCUT2D eigenvalue weighted by Crippen LogP contribution is -2.46. The highest BCUT2D eigenvalue weighted by molar-refractivity contribution is 5.75. The molecular weight excluding hydrogens is 306 g/mol. The minimum Gasteiger partial charge on any atom is -0.508 e. The van der Waals surface area contributed by atoms with Crippen molar-refractivity contribution in [2.75, 3.05) is 26.8 Å². The molecule has 2 rings (SSSR count). The van der Waals surface area contributed by atoms with Crippen LogP contribution in [-0.4, -0.2) is 47.9 Å². The Morgan fingerprint density at radius 2 is 1.92 bits per heavy atom. The number of hydrogen-bond donors (Lipinski definition) is 2. The number of phenols is 1. The van der Waals surface area contributed by atoms with Gasteiger partial charge >= 0.3 is 5.97 Å². The summed E-state index contributed by atoms with van der Waals surface area (Å²) in [5.74, 6) is -0.462. The largest absolute Gasteiger partial charge is 0.508 e. The molecule has 2 N–H and O–H groups in total. The van der Waals surface area contributed by atoms with Gasteiger partial charge in [0, 0.05) is 19.2 Å². The number of carbonyl (C=O) groups is 1. The quantitative estimate of drug-likeness (QED) is 0.865. The fraction of sp³-hybridized carbons (Fsp3) is 0.632. The number of methoxy groups -OCH3 is 1. The molecule has 0 aliphatic carbocycles. The van der Waals surface area contributed by atoms with E-state index in [4.69, 9.17) is 4.74 Å². The van der Waals surface area contributed by atoms with Crippen LogP contribution in [0.25, 0.3) is 0 Å². The topological polar surface area (TPSA) is 70.0 Å². The van der Waals surface area contributed by atoms with Crippen LogP contribution in [0.1, 0.15) is 44.7 Å². The van der Waals surface area contributed by atoms with E-state index >= 15 is 0 Å². The number of hydrogen-bond acceptors (Lipinski definition) is 4. The van der Waals surface area contributed by atoms with E-state index in [1.54, 1.807) is 7.11 Å². The third-order valence-corrected chi connectivity index (χ3v) is 5.03. The molecule has 134 valence electrons. The van der Waals surface area contributed by atoms with E-state index in [9.17, 15) is 15.0 Å². The fourth-order valence-corrected chi connectivity index (χ4v) is 3.24. The van der Waals surface area contributed by atoms with Gasteiger partial charge in [0.2, 0.25) is 0 Å². The van der Waals surface area contributed by atoms with Crippen LogP contribution < -0.4 is 0 Å². The molecule has 1 heterocycles. The van der Waals surface area contributed by atoms with Crippen LogP contribution in [0.5, 0.6) is 5.75 Å². The number of aromatic hydroxyl groups is 1. The predicted molar refractivity (Wildman–Crippen MR) is 93.3 cm³/mol. The summed E-state index contributed by atoms with van der Waals surface area (Å²) in [6.07, 6.45) is 1.13. The number of ether oxygens (including phenoxy) is 1. The number of nitrogens with zero attached hydrogens (tertiary/aromatic N) is 1. The zero-order valence-electron chi connectivity index (χ0n) is 15.1. The van der Waals surface area contributed by atoms with Crippen LogP contribution in [0.15, 0.2) is 18.2 Å². The van der Waals surface area contributed by atoms with Crippen LogP contribution in [0.4, 0.5) is 0 Å². The predicted octanol–water partition coefficient (Wildman–Crippen LogP) is 3.00. The lowest BCUT2D eigenvalue weighted by atomic mass is 9.79. The first-order valence-corrected chi connectivity index (χ1v) is 8.45. The lowest BCUT2D eigenvalue weighted by molar-refractivity contribution is -0.156. The Morgan fingerprint density at radius 1 is 1.29 bits per heavy atom. The van der Waals surface area contributed by atoms with Crippen molar-refractivity contribution in [3.63, 3.8) is 0 Å². The third kappa shape index (κ3) is 4.08. The van der Waals surface area contributed by atoms with Crippen LogP contribution in [-0.2, 0) is 21.5 Å². The van der Waals surface area contributed by atoms with Gasteiger partial charge in [-0.25, -0.2) is 0 Å². The standard InChI is InChI=1S/C19H29NO4/c1-18(2,3)15-6-5-14(16(21)11-15)12-20-9-7-19(8-10-20,13-24-4)17(22)23/h5-6,11,21H,7-10,12-13H2,1-4H3,(H,22,23). The normalized spacial score (nSPS) is 18.5. The minimum atomic E-state index is -0.777. The summed E-state index contributed by atoms with van der Waals surface area (Å²) in [6, 6.07) is 5.88. The van der Waals surface area contributed by atoms with Crippen molar-refractivity contribution < 1.29 is 19.7 Å². The van der Waals surface area contributed by atoms with Crippen LogP contribution in [0.3, 0.4) is 0 Å². The molecule has 1 aliphatic heterocycles. The number of benzene rings is 1. The van der Waals surface area contributed by atoms with Crippen LogP contribution in [0, 0.1) is 5.41 Å². The van der Waals surface area contributed by atoms with Gasteiger partial charge in [-0.15, -0.1) is 0 Å². The molecule has 0 unspecified atom stereocenters. The van der Waals surface area contributed by atoms with E-state index in [0.29, 0.717) is 38.2 Å². The summed E-state index contributed by atoms with van der Waals surface area (Å²) >= 11 is 0. The first kappa shape index (κ1) is 18.7. The molecule has 1 aromatic rings. The number of carboxylic acids is 1. The molecule has 0 saturated carbocycles. The van der Waals surface area contributed by atoms with E-state index in [2.05, 4.69) is 31.7 Å². The maximum absolute atomic E-state index is 11.6. The van der Waals surface area contributed by atoms with Crippen molar-refractivity contribution in [3.05, 3.63) is 29.3 Å². The highest BCUT2D eigenvalue weighted by Gasteiger charge is 2.41. The molecule has 1 saturated heterocycles. The number of carboxylic acid groups (broad SMARTS) is 1. The molecule has 0 radical (unpaired) electrons. The molecule has 5 nitrogen and oxygen atoms in total. The Hall–Kier alpha value is -1.59. The summed E-state index contributed by atoms with van der Waals surface area (Å²) in [6.45, 7) is 8.63. The SMILES string of the molecule is COCC1(C(=O)O)CCN(Cc2ccc(C(C)(C)C)cc2O)CC1. The van der Waals surface area contributed by atoms with Crippen molar-refractivity contribution in [1.29, 1.82) is 0 Å². The molecule has 0 amide bonds. The van der Waals surface area contributed by atoms with Gasteiger partial charge in [0.05, 0.1) is 12.0 Å². The van der Waals surface area contributed by atoms with Gasteiger partial charge in [-0.1, -0.05) is 32.9 Å². The van der Waals surface area contributed by atoms with Crippen molar-refractivity contribution in [2.45, 2.75) is 45.6 Å². The summed E-state index contributed by atoms with van der Waals surface area (Å²) in [4.78, 5) is 13.8. The maximum Gasteiger partial charge on any atom is 0.312 e. The highest BCUT2D eigenvalue weighted by atomic mass is 16.5. The Morgan fingerprint density at radius 3 is 2.38 bits per heavy atom. The lowest BCUT2D eigenvalue weighted by Gasteiger charge is -2.38. The monoisotopic (exact) mass is 335 g/mol. The average molecular weight is 335 g/mol. The summed E-state index contributed by atoms with van der Waals surface area (Å²) in [5, 5.41) is 19.8. The van der Waals surface area contributed by atoms with Crippen LogP contribution in [0.2, 0.25) is 0 Å².